The van der Waals surface area contributed by atoms with E-state index in [9.17, 15) is 18.0 Å². The first-order valence-electron chi connectivity index (χ1n) is 6.42. The van der Waals surface area contributed by atoms with E-state index in [-0.39, 0.29) is 5.56 Å². The molecule has 2 aromatic rings. The molecule has 118 valence electrons. The molecule has 0 aliphatic carbocycles. The third kappa shape index (κ3) is 4.23. The van der Waals surface area contributed by atoms with Gasteiger partial charge in [0.25, 0.3) is 5.91 Å². The molecule has 9 heteroatoms. The highest BCUT2D eigenvalue weighted by atomic mass is 32.1. The number of pyridine rings is 1. The molecular weight excluding hydrogens is 317 g/mol. The zero-order valence-electron chi connectivity index (χ0n) is 11.8. The van der Waals surface area contributed by atoms with Crippen molar-refractivity contribution in [3.8, 4) is 0 Å². The third-order valence-corrected chi connectivity index (χ3v) is 3.45. The molecule has 0 atom stereocenters. The van der Waals surface area contributed by atoms with E-state index in [4.69, 9.17) is 0 Å². The topological polar surface area (TPSA) is 67.8 Å². The van der Waals surface area contributed by atoms with Gasteiger partial charge < -0.3 is 0 Å². The van der Waals surface area contributed by atoms with Crippen LogP contribution in [0, 0.1) is 5.92 Å². The first-order chi connectivity index (χ1) is 10.3. The fourth-order valence-electron chi connectivity index (χ4n) is 1.60. The molecule has 0 spiro atoms. The van der Waals surface area contributed by atoms with Crippen LogP contribution in [0.25, 0.3) is 0 Å². The SMILES string of the molecule is CC(C)Cc1nnc(NC(=O)c2ccc(C(F)(F)F)nc2)s1. The molecule has 0 bridgehead atoms. The summed E-state index contributed by atoms with van der Waals surface area (Å²) < 4.78 is 37.2. The number of carbonyl (C=O) groups excluding carboxylic acids is 1. The van der Waals surface area contributed by atoms with E-state index in [2.05, 4.69) is 20.5 Å². The number of amides is 1. The highest BCUT2D eigenvalue weighted by molar-refractivity contribution is 7.15. The van der Waals surface area contributed by atoms with Gasteiger partial charge in [-0.25, -0.2) is 0 Å². The van der Waals surface area contributed by atoms with Crippen molar-refractivity contribution in [1.82, 2.24) is 15.2 Å². The van der Waals surface area contributed by atoms with Crippen LogP contribution in [0.5, 0.6) is 0 Å². The van der Waals surface area contributed by atoms with Crippen LogP contribution in [-0.2, 0) is 12.6 Å². The number of nitrogens with one attached hydrogen (secondary N) is 1. The molecule has 1 N–H and O–H groups in total. The first-order valence-corrected chi connectivity index (χ1v) is 7.24. The van der Waals surface area contributed by atoms with Gasteiger partial charge in [0, 0.05) is 12.6 Å². The second kappa shape index (κ2) is 6.39. The highest BCUT2D eigenvalue weighted by Crippen LogP contribution is 2.27. The van der Waals surface area contributed by atoms with Crippen LogP contribution in [0.3, 0.4) is 0 Å². The average Bonchev–Trinajstić information content (AvgIpc) is 2.84. The molecule has 0 saturated carbocycles. The lowest BCUT2D eigenvalue weighted by atomic mass is 10.1. The molecule has 2 heterocycles. The van der Waals surface area contributed by atoms with Crippen molar-refractivity contribution in [2.45, 2.75) is 26.4 Å². The van der Waals surface area contributed by atoms with E-state index in [1.54, 1.807) is 0 Å². The number of anilines is 1. The maximum Gasteiger partial charge on any atom is 0.433 e. The Kier molecular flexibility index (Phi) is 4.74. The van der Waals surface area contributed by atoms with Crippen molar-refractivity contribution in [3.05, 3.63) is 34.6 Å². The molecule has 22 heavy (non-hydrogen) atoms. The van der Waals surface area contributed by atoms with E-state index < -0.39 is 17.8 Å². The van der Waals surface area contributed by atoms with E-state index >= 15 is 0 Å². The van der Waals surface area contributed by atoms with Crippen LogP contribution >= 0.6 is 11.3 Å². The molecule has 0 aliphatic heterocycles. The quantitative estimate of drug-likeness (QED) is 0.933. The summed E-state index contributed by atoms with van der Waals surface area (Å²) >= 11 is 1.24. The van der Waals surface area contributed by atoms with Crippen molar-refractivity contribution in [2.24, 2.45) is 5.92 Å². The maximum atomic E-state index is 12.4. The normalized spacial score (nSPS) is 11.7. The molecule has 0 aromatic carbocycles. The van der Waals surface area contributed by atoms with Crippen LogP contribution < -0.4 is 5.32 Å². The molecular formula is C13H13F3N4OS. The zero-order chi connectivity index (χ0) is 16.3. The second-order valence-electron chi connectivity index (χ2n) is 4.98. The standard InChI is InChI=1S/C13H13F3N4OS/c1-7(2)5-10-19-20-12(22-10)18-11(21)8-3-4-9(17-6-8)13(14,15)16/h3-4,6-7H,5H2,1-2H3,(H,18,20,21). The Morgan fingerprint density at radius 3 is 2.59 bits per heavy atom. The van der Waals surface area contributed by atoms with E-state index in [1.807, 2.05) is 13.8 Å². The Hall–Kier alpha value is -2.03. The minimum atomic E-state index is -4.53. The van der Waals surface area contributed by atoms with Crippen molar-refractivity contribution in [2.75, 3.05) is 5.32 Å². The predicted octanol–water partition coefficient (Wildman–Crippen LogP) is 3.40. The summed E-state index contributed by atoms with van der Waals surface area (Å²) in [5.74, 6) is -0.163. The summed E-state index contributed by atoms with van der Waals surface area (Å²) in [7, 11) is 0. The number of halogens is 3. The lowest BCUT2D eigenvalue weighted by molar-refractivity contribution is -0.141. The Morgan fingerprint density at radius 1 is 1.32 bits per heavy atom. The molecule has 2 rings (SSSR count). The third-order valence-electron chi connectivity index (χ3n) is 2.59. The summed E-state index contributed by atoms with van der Waals surface area (Å²) in [5, 5.41) is 11.4. The summed E-state index contributed by atoms with van der Waals surface area (Å²) in [6.45, 7) is 4.07. The van der Waals surface area contributed by atoms with Gasteiger partial charge in [-0.05, 0) is 18.1 Å². The Morgan fingerprint density at radius 2 is 2.05 bits per heavy atom. The van der Waals surface area contributed by atoms with Gasteiger partial charge in [0.05, 0.1) is 5.56 Å². The van der Waals surface area contributed by atoms with Gasteiger partial charge in [-0.2, -0.15) is 13.2 Å². The molecule has 0 fully saturated rings. The number of nitrogens with zero attached hydrogens (tertiary/aromatic N) is 3. The van der Waals surface area contributed by atoms with Crippen molar-refractivity contribution >= 4 is 22.4 Å². The van der Waals surface area contributed by atoms with Crippen LogP contribution in [0.15, 0.2) is 18.3 Å². The smallest absolute Gasteiger partial charge is 0.296 e. The van der Waals surface area contributed by atoms with Crippen LogP contribution in [0.2, 0.25) is 0 Å². The van der Waals surface area contributed by atoms with E-state index in [0.29, 0.717) is 11.0 Å². The van der Waals surface area contributed by atoms with E-state index in [1.165, 1.54) is 11.3 Å². The Bertz CT molecular complexity index is 652. The van der Waals surface area contributed by atoms with Gasteiger partial charge in [-0.3, -0.25) is 15.1 Å². The molecule has 2 aromatic heterocycles. The predicted molar refractivity (Wildman–Crippen MR) is 75.6 cm³/mol. The zero-order valence-corrected chi connectivity index (χ0v) is 12.6. The van der Waals surface area contributed by atoms with Crippen LogP contribution in [0.4, 0.5) is 18.3 Å². The number of alkyl halides is 3. The summed E-state index contributed by atoms with van der Waals surface area (Å²) in [4.78, 5) is 15.2. The Balaban J connectivity index is 2.04. The first kappa shape index (κ1) is 16.3. The van der Waals surface area contributed by atoms with Crippen molar-refractivity contribution in [3.63, 3.8) is 0 Å². The Labute approximate surface area is 128 Å². The summed E-state index contributed by atoms with van der Waals surface area (Å²) in [6, 6.07) is 1.83. The van der Waals surface area contributed by atoms with Crippen LogP contribution in [-0.4, -0.2) is 21.1 Å². The minimum Gasteiger partial charge on any atom is -0.296 e. The van der Waals surface area contributed by atoms with Gasteiger partial charge >= 0.3 is 6.18 Å². The van der Waals surface area contributed by atoms with Gasteiger partial charge in [-0.15, -0.1) is 10.2 Å². The second-order valence-corrected chi connectivity index (χ2v) is 6.04. The number of hydrogen-bond acceptors (Lipinski definition) is 5. The minimum absolute atomic E-state index is 0.0219. The fourth-order valence-corrected chi connectivity index (χ4v) is 2.55. The molecule has 0 aliphatic rings. The monoisotopic (exact) mass is 330 g/mol. The molecule has 0 unspecified atom stereocenters. The number of rotatable bonds is 4. The lowest BCUT2D eigenvalue weighted by Gasteiger charge is -2.06. The van der Waals surface area contributed by atoms with Gasteiger partial charge in [0.1, 0.15) is 10.7 Å². The summed E-state index contributed by atoms with van der Waals surface area (Å²) in [6.07, 6.45) is -2.90. The fraction of sp³-hybridized carbons (Fsp3) is 0.385. The van der Waals surface area contributed by atoms with Crippen molar-refractivity contribution in [1.29, 1.82) is 0 Å². The van der Waals surface area contributed by atoms with Gasteiger partial charge in [-0.1, -0.05) is 25.2 Å². The largest absolute Gasteiger partial charge is 0.433 e. The number of aromatic nitrogens is 3. The average molecular weight is 330 g/mol. The number of carbonyl (C=O) groups is 1. The van der Waals surface area contributed by atoms with Crippen molar-refractivity contribution < 1.29 is 18.0 Å². The maximum absolute atomic E-state index is 12.4. The molecule has 1 amide bonds. The molecule has 5 nitrogen and oxygen atoms in total. The number of hydrogen-bond donors (Lipinski definition) is 1. The van der Waals surface area contributed by atoms with E-state index in [0.717, 1.165) is 29.8 Å². The van der Waals surface area contributed by atoms with Gasteiger partial charge in [0.15, 0.2) is 0 Å². The lowest BCUT2D eigenvalue weighted by Crippen LogP contribution is -2.14. The van der Waals surface area contributed by atoms with Gasteiger partial charge in [0.2, 0.25) is 5.13 Å². The molecule has 0 radical (unpaired) electrons. The molecule has 0 saturated heterocycles. The highest BCUT2D eigenvalue weighted by Gasteiger charge is 2.32. The van der Waals surface area contributed by atoms with Crippen LogP contribution in [0.1, 0.15) is 34.9 Å². The summed E-state index contributed by atoms with van der Waals surface area (Å²) in [5.41, 5.74) is -1.02.